The number of benzene rings is 1. The summed E-state index contributed by atoms with van der Waals surface area (Å²) in [5.41, 5.74) is 0.584. The van der Waals surface area contributed by atoms with Crippen LogP contribution in [0.1, 0.15) is 37.8 Å². The van der Waals surface area contributed by atoms with Crippen LogP contribution in [0.2, 0.25) is 0 Å². The number of thiazole rings is 1. The summed E-state index contributed by atoms with van der Waals surface area (Å²) >= 11 is 1.02. The van der Waals surface area contributed by atoms with Crippen LogP contribution in [0.3, 0.4) is 0 Å². The van der Waals surface area contributed by atoms with Gasteiger partial charge in [-0.2, -0.15) is 0 Å². The van der Waals surface area contributed by atoms with Gasteiger partial charge in [-0.05, 0) is 24.5 Å². The molecule has 1 aromatic carbocycles. The molecule has 10 nitrogen and oxygen atoms in total. The first kappa shape index (κ1) is 25.3. The number of carbonyl (C=O) groups is 2. The highest BCUT2D eigenvalue weighted by molar-refractivity contribution is 7.07. The number of nitro groups is 1. The lowest BCUT2D eigenvalue weighted by atomic mass is 9.99. The molecule has 11 heteroatoms. The van der Waals surface area contributed by atoms with Crippen molar-refractivity contribution in [2.45, 2.75) is 33.2 Å². The number of aromatic nitrogens is 1. The quantitative estimate of drug-likeness (QED) is 0.323. The molecule has 1 aliphatic heterocycles. The number of esters is 1. The number of hydrogen-bond acceptors (Lipinski definition) is 8. The molecule has 0 aliphatic carbocycles. The molecular formula is C23H27N3O7S. The molecule has 0 unspecified atom stereocenters. The maximum atomic E-state index is 13.2. The van der Waals surface area contributed by atoms with E-state index in [2.05, 4.69) is 0 Å². The topological polar surface area (TPSA) is 121 Å². The van der Waals surface area contributed by atoms with Crippen LogP contribution in [0, 0.1) is 10.1 Å². The molecule has 0 spiro atoms. The summed E-state index contributed by atoms with van der Waals surface area (Å²) in [5.74, 6) is -0.921. The number of nitro benzene ring substituents is 1. The Morgan fingerprint density at radius 3 is 2.62 bits per heavy atom. The molecule has 0 atom stereocenters. The van der Waals surface area contributed by atoms with E-state index in [-0.39, 0.29) is 39.9 Å². The van der Waals surface area contributed by atoms with Crippen molar-refractivity contribution in [2.24, 2.45) is 0 Å². The Morgan fingerprint density at radius 2 is 2.00 bits per heavy atom. The van der Waals surface area contributed by atoms with Gasteiger partial charge in [-0.1, -0.05) is 26.0 Å². The normalized spacial score (nSPS) is 15.1. The fourth-order valence-electron chi connectivity index (χ4n) is 3.57. The van der Waals surface area contributed by atoms with Gasteiger partial charge in [0.05, 0.1) is 35.4 Å². The molecule has 2 heterocycles. The van der Waals surface area contributed by atoms with Crippen molar-refractivity contribution in [3.63, 3.8) is 0 Å². The zero-order valence-electron chi connectivity index (χ0n) is 19.3. The molecule has 3 rings (SSSR count). The molecule has 1 aromatic heterocycles. The largest absolute Gasteiger partial charge is 0.463 e. The van der Waals surface area contributed by atoms with Gasteiger partial charge >= 0.3 is 5.97 Å². The lowest BCUT2D eigenvalue weighted by molar-refractivity contribution is -0.385. The predicted molar refractivity (Wildman–Crippen MR) is 127 cm³/mol. The van der Waals surface area contributed by atoms with E-state index in [1.54, 1.807) is 24.0 Å². The Bertz CT molecular complexity index is 1260. The van der Waals surface area contributed by atoms with Crippen LogP contribution < -0.4 is 14.8 Å². The van der Waals surface area contributed by atoms with Gasteiger partial charge < -0.3 is 14.4 Å². The molecular weight excluding hydrogens is 462 g/mol. The maximum absolute atomic E-state index is 13.2. The summed E-state index contributed by atoms with van der Waals surface area (Å²) in [6.07, 6.45) is 2.71. The molecule has 1 saturated heterocycles. The van der Waals surface area contributed by atoms with Crippen molar-refractivity contribution in [1.29, 1.82) is 0 Å². The van der Waals surface area contributed by atoms with Crippen molar-refractivity contribution in [1.82, 2.24) is 9.47 Å². The number of nitrogens with zero attached hydrogens (tertiary/aromatic N) is 3. The number of amides is 1. The van der Waals surface area contributed by atoms with Gasteiger partial charge in [-0.3, -0.25) is 24.3 Å². The van der Waals surface area contributed by atoms with Crippen molar-refractivity contribution in [3.05, 3.63) is 59.0 Å². The second kappa shape index (κ2) is 11.2. The van der Waals surface area contributed by atoms with E-state index in [1.807, 2.05) is 13.8 Å². The van der Waals surface area contributed by atoms with Crippen LogP contribution in [-0.2, 0) is 25.6 Å². The van der Waals surface area contributed by atoms with Crippen LogP contribution in [0.15, 0.2) is 23.0 Å². The SMILES string of the molecule is CCOC(=O)/C=c1\s/c(=C\c2ccc(C(C)C)c([N+](=O)[O-])c2)c(=O)n1CC(=O)N1CCOCC1. The van der Waals surface area contributed by atoms with Crippen molar-refractivity contribution in [2.75, 3.05) is 32.9 Å². The smallest absolute Gasteiger partial charge is 0.333 e. The third kappa shape index (κ3) is 5.97. The standard InChI is InChI=1S/C23H27N3O7S/c1-4-33-22(28)13-21-25(14-20(27)24-7-9-32-10-8-24)23(29)19(34-21)12-16-5-6-17(15(2)3)18(11-16)26(30)31/h5-6,11-13,15H,4,7-10,14H2,1-3H3/b19-12-,21-13-. The van der Waals surface area contributed by atoms with Crippen LogP contribution in [0.4, 0.5) is 5.69 Å². The number of hydrogen-bond donors (Lipinski definition) is 0. The van der Waals surface area contributed by atoms with E-state index in [4.69, 9.17) is 9.47 Å². The summed E-state index contributed by atoms with van der Waals surface area (Å²) in [6.45, 7) is 7.05. The molecule has 0 radical (unpaired) electrons. The number of carbonyl (C=O) groups excluding carboxylic acids is 2. The van der Waals surface area contributed by atoms with Gasteiger partial charge in [0.1, 0.15) is 11.2 Å². The van der Waals surface area contributed by atoms with Crippen molar-refractivity contribution in [3.8, 4) is 0 Å². The summed E-state index contributed by atoms with van der Waals surface area (Å²) in [6, 6.07) is 4.81. The lowest BCUT2D eigenvalue weighted by Crippen LogP contribution is -2.45. The van der Waals surface area contributed by atoms with Gasteiger partial charge in [0.2, 0.25) is 5.91 Å². The highest BCUT2D eigenvalue weighted by Crippen LogP contribution is 2.27. The number of morpholine rings is 1. The first-order valence-electron chi connectivity index (χ1n) is 10.9. The second-order valence-electron chi connectivity index (χ2n) is 7.96. The highest BCUT2D eigenvalue weighted by Gasteiger charge is 2.20. The Hall–Kier alpha value is -3.31. The summed E-state index contributed by atoms with van der Waals surface area (Å²) in [7, 11) is 0. The Kier molecular flexibility index (Phi) is 8.35. The van der Waals surface area contributed by atoms with Gasteiger partial charge in [0, 0.05) is 24.7 Å². The molecule has 2 aromatic rings. The average Bonchev–Trinajstić information content (AvgIpc) is 3.08. The molecule has 0 N–H and O–H groups in total. The molecule has 0 saturated carbocycles. The fourth-order valence-corrected chi connectivity index (χ4v) is 4.60. The zero-order chi connectivity index (χ0) is 24.8. The summed E-state index contributed by atoms with van der Waals surface area (Å²) in [4.78, 5) is 50.7. The predicted octanol–water partition coefficient (Wildman–Crippen LogP) is 0.973. The Morgan fingerprint density at radius 1 is 1.29 bits per heavy atom. The minimum atomic E-state index is -0.625. The average molecular weight is 490 g/mol. The molecule has 34 heavy (non-hydrogen) atoms. The maximum Gasteiger partial charge on any atom is 0.333 e. The summed E-state index contributed by atoms with van der Waals surface area (Å²) < 4.78 is 12.0. The van der Waals surface area contributed by atoms with E-state index >= 15 is 0 Å². The highest BCUT2D eigenvalue weighted by atomic mass is 32.1. The van der Waals surface area contributed by atoms with Crippen LogP contribution in [0.25, 0.3) is 12.2 Å². The van der Waals surface area contributed by atoms with Crippen LogP contribution in [-0.4, -0.2) is 59.2 Å². The van der Waals surface area contributed by atoms with Crippen molar-refractivity contribution >= 4 is 41.1 Å². The number of rotatable bonds is 7. The zero-order valence-corrected chi connectivity index (χ0v) is 20.1. The Labute approximate surface area is 199 Å². The first-order chi connectivity index (χ1) is 16.2. The molecule has 1 fully saturated rings. The minimum Gasteiger partial charge on any atom is -0.463 e. The molecule has 1 amide bonds. The third-order valence-electron chi connectivity index (χ3n) is 5.29. The van der Waals surface area contributed by atoms with Gasteiger partial charge in [-0.25, -0.2) is 4.79 Å². The van der Waals surface area contributed by atoms with E-state index < -0.39 is 16.5 Å². The van der Waals surface area contributed by atoms with E-state index in [1.165, 1.54) is 22.8 Å². The van der Waals surface area contributed by atoms with E-state index in [0.717, 1.165) is 11.3 Å². The van der Waals surface area contributed by atoms with Crippen molar-refractivity contribution < 1.29 is 24.0 Å². The van der Waals surface area contributed by atoms with Gasteiger partial charge in [-0.15, -0.1) is 11.3 Å². The second-order valence-corrected chi connectivity index (χ2v) is 9.02. The summed E-state index contributed by atoms with van der Waals surface area (Å²) in [5, 5.41) is 11.5. The lowest BCUT2D eigenvalue weighted by Gasteiger charge is -2.26. The Balaban J connectivity index is 2.08. The van der Waals surface area contributed by atoms with E-state index in [0.29, 0.717) is 37.4 Å². The minimum absolute atomic E-state index is 0.0264. The van der Waals surface area contributed by atoms with Crippen LogP contribution >= 0.6 is 11.3 Å². The van der Waals surface area contributed by atoms with E-state index in [9.17, 15) is 24.5 Å². The third-order valence-corrected chi connectivity index (χ3v) is 6.35. The van der Waals surface area contributed by atoms with Gasteiger partial charge in [0.25, 0.3) is 11.2 Å². The molecule has 0 bridgehead atoms. The number of ether oxygens (including phenoxy) is 2. The van der Waals surface area contributed by atoms with Gasteiger partial charge in [0.15, 0.2) is 0 Å². The molecule has 1 aliphatic rings. The van der Waals surface area contributed by atoms with Crippen LogP contribution in [0.5, 0.6) is 0 Å². The first-order valence-corrected chi connectivity index (χ1v) is 11.8. The fraction of sp³-hybridized carbons (Fsp3) is 0.435. The monoisotopic (exact) mass is 489 g/mol. The molecule has 182 valence electrons.